The standard InChI is InChI=1S/C25H24N2O4S/c1-17-9-14-23-19(16-31-25(23)18(17)2)15-24(28)26-20-10-12-22(13-11-20)32(29,30)27(3)21-7-5-4-6-8-21/h4-14,16H,15H2,1-3H3,(H,26,28). The van der Waals surface area contributed by atoms with E-state index >= 15 is 0 Å². The molecular formula is C25H24N2O4S. The van der Waals surface area contributed by atoms with E-state index in [1.807, 2.05) is 32.0 Å². The molecule has 32 heavy (non-hydrogen) atoms. The first kappa shape index (κ1) is 21.6. The van der Waals surface area contributed by atoms with Crippen LogP contribution in [0.1, 0.15) is 16.7 Å². The van der Waals surface area contributed by atoms with Crippen LogP contribution in [0.2, 0.25) is 0 Å². The first-order valence-corrected chi connectivity index (χ1v) is 11.6. The van der Waals surface area contributed by atoms with Crippen LogP contribution in [-0.4, -0.2) is 21.4 Å². The highest BCUT2D eigenvalue weighted by Crippen LogP contribution is 2.27. The number of sulfonamides is 1. The lowest BCUT2D eigenvalue weighted by Crippen LogP contribution is -2.26. The van der Waals surface area contributed by atoms with E-state index in [1.165, 1.54) is 23.5 Å². The van der Waals surface area contributed by atoms with E-state index in [0.29, 0.717) is 11.4 Å². The molecule has 0 radical (unpaired) electrons. The molecule has 0 aliphatic carbocycles. The summed E-state index contributed by atoms with van der Waals surface area (Å²) in [6.07, 6.45) is 1.78. The van der Waals surface area contributed by atoms with Crippen LogP contribution in [0.25, 0.3) is 11.0 Å². The maximum Gasteiger partial charge on any atom is 0.264 e. The van der Waals surface area contributed by atoms with Crippen LogP contribution in [0.4, 0.5) is 11.4 Å². The van der Waals surface area contributed by atoms with Crippen LogP contribution in [0.5, 0.6) is 0 Å². The van der Waals surface area contributed by atoms with Crippen molar-refractivity contribution in [3.63, 3.8) is 0 Å². The monoisotopic (exact) mass is 448 g/mol. The maximum absolute atomic E-state index is 12.9. The van der Waals surface area contributed by atoms with Gasteiger partial charge in [0.15, 0.2) is 0 Å². The van der Waals surface area contributed by atoms with Crippen molar-refractivity contribution in [2.24, 2.45) is 0 Å². The van der Waals surface area contributed by atoms with Gasteiger partial charge in [0.1, 0.15) is 5.58 Å². The number of hydrogen-bond donors (Lipinski definition) is 1. The Balaban J connectivity index is 1.47. The Bertz CT molecular complexity index is 1370. The molecule has 1 heterocycles. The number of benzene rings is 3. The van der Waals surface area contributed by atoms with Gasteiger partial charge in [0, 0.05) is 23.7 Å². The molecule has 4 rings (SSSR count). The molecule has 1 N–H and O–H groups in total. The fourth-order valence-corrected chi connectivity index (χ4v) is 4.74. The first-order chi connectivity index (χ1) is 15.3. The number of aryl methyl sites for hydroxylation is 2. The minimum absolute atomic E-state index is 0.147. The number of furan rings is 1. The lowest BCUT2D eigenvalue weighted by Gasteiger charge is -2.19. The van der Waals surface area contributed by atoms with E-state index in [0.717, 1.165) is 27.7 Å². The van der Waals surface area contributed by atoms with Crippen LogP contribution in [-0.2, 0) is 21.2 Å². The smallest absolute Gasteiger partial charge is 0.264 e. The van der Waals surface area contributed by atoms with E-state index < -0.39 is 10.0 Å². The van der Waals surface area contributed by atoms with Gasteiger partial charge in [0.05, 0.1) is 23.3 Å². The van der Waals surface area contributed by atoms with Crippen LogP contribution < -0.4 is 9.62 Å². The molecule has 0 aliphatic rings. The van der Waals surface area contributed by atoms with Gasteiger partial charge in [-0.15, -0.1) is 0 Å². The summed E-state index contributed by atoms with van der Waals surface area (Å²) in [4.78, 5) is 12.7. The molecule has 0 unspecified atom stereocenters. The number of para-hydroxylation sites is 1. The Hall–Kier alpha value is -3.58. The minimum Gasteiger partial charge on any atom is -0.464 e. The second-order valence-corrected chi connectivity index (χ2v) is 9.67. The van der Waals surface area contributed by atoms with Gasteiger partial charge in [0.25, 0.3) is 10.0 Å². The van der Waals surface area contributed by atoms with E-state index in [2.05, 4.69) is 5.32 Å². The van der Waals surface area contributed by atoms with Gasteiger partial charge >= 0.3 is 0 Å². The van der Waals surface area contributed by atoms with Gasteiger partial charge in [-0.2, -0.15) is 0 Å². The molecule has 0 fully saturated rings. The second-order valence-electron chi connectivity index (χ2n) is 7.70. The van der Waals surface area contributed by atoms with Gasteiger partial charge in [-0.25, -0.2) is 8.42 Å². The summed E-state index contributed by atoms with van der Waals surface area (Å²) in [6, 6.07) is 19.0. The van der Waals surface area contributed by atoms with E-state index in [1.54, 1.807) is 42.7 Å². The summed E-state index contributed by atoms with van der Waals surface area (Å²) in [5.74, 6) is -0.206. The minimum atomic E-state index is -3.70. The summed E-state index contributed by atoms with van der Waals surface area (Å²) >= 11 is 0. The van der Waals surface area contributed by atoms with Crippen LogP contribution in [0.15, 0.2) is 82.3 Å². The molecule has 0 aliphatic heterocycles. The number of amides is 1. The van der Waals surface area contributed by atoms with Crippen molar-refractivity contribution < 1.29 is 17.6 Å². The van der Waals surface area contributed by atoms with Gasteiger partial charge < -0.3 is 9.73 Å². The normalized spacial score (nSPS) is 11.5. The number of nitrogens with zero attached hydrogens (tertiary/aromatic N) is 1. The molecule has 1 amide bonds. The average Bonchev–Trinajstić information content (AvgIpc) is 3.19. The Morgan fingerprint density at radius 2 is 1.66 bits per heavy atom. The predicted molar refractivity (Wildman–Crippen MR) is 126 cm³/mol. The quantitative estimate of drug-likeness (QED) is 0.447. The molecule has 7 heteroatoms. The Labute approximate surface area is 187 Å². The molecular weight excluding hydrogens is 424 g/mol. The fourth-order valence-electron chi connectivity index (χ4n) is 3.55. The van der Waals surface area contributed by atoms with E-state index in [9.17, 15) is 13.2 Å². The van der Waals surface area contributed by atoms with E-state index in [-0.39, 0.29) is 17.2 Å². The Kier molecular flexibility index (Phi) is 5.76. The predicted octanol–water partition coefficient (Wildman–Crippen LogP) is 5.06. The third kappa shape index (κ3) is 4.11. The lowest BCUT2D eigenvalue weighted by molar-refractivity contribution is -0.115. The number of carbonyl (C=O) groups is 1. The van der Waals surface area contributed by atoms with Crippen LogP contribution >= 0.6 is 0 Å². The van der Waals surface area contributed by atoms with Crippen molar-refractivity contribution in [2.45, 2.75) is 25.2 Å². The third-order valence-corrected chi connectivity index (χ3v) is 7.41. The number of hydrogen-bond acceptors (Lipinski definition) is 4. The van der Waals surface area contributed by atoms with Gasteiger partial charge in [-0.05, 0) is 61.4 Å². The average molecular weight is 449 g/mol. The van der Waals surface area contributed by atoms with Crippen molar-refractivity contribution in [1.82, 2.24) is 0 Å². The number of rotatable bonds is 6. The molecule has 3 aromatic carbocycles. The number of carbonyl (C=O) groups excluding carboxylic acids is 1. The van der Waals surface area contributed by atoms with Gasteiger partial charge in [-0.1, -0.05) is 30.3 Å². The van der Waals surface area contributed by atoms with E-state index in [4.69, 9.17) is 4.42 Å². The SMILES string of the molecule is Cc1ccc2c(CC(=O)Nc3ccc(S(=O)(=O)N(C)c4ccccc4)cc3)coc2c1C. The number of nitrogens with one attached hydrogen (secondary N) is 1. The summed E-state index contributed by atoms with van der Waals surface area (Å²) < 4.78 is 32.7. The van der Waals surface area contributed by atoms with Gasteiger partial charge in [0.2, 0.25) is 5.91 Å². The zero-order valence-corrected chi connectivity index (χ0v) is 18.9. The molecule has 1 aromatic heterocycles. The van der Waals surface area contributed by atoms with Crippen molar-refractivity contribution >= 4 is 38.3 Å². The maximum atomic E-state index is 12.9. The summed E-state index contributed by atoms with van der Waals surface area (Å²) in [5, 5.41) is 3.75. The number of anilines is 2. The highest BCUT2D eigenvalue weighted by molar-refractivity contribution is 7.92. The Morgan fingerprint density at radius 1 is 0.969 bits per heavy atom. The summed E-state index contributed by atoms with van der Waals surface area (Å²) in [7, 11) is -2.19. The number of fused-ring (bicyclic) bond motifs is 1. The largest absolute Gasteiger partial charge is 0.464 e. The van der Waals surface area contributed by atoms with Crippen molar-refractivity contribution in [2.75, 3.05) is 16.7 Å². The first-order valence-electron chi connectivity index (χ1n) is 10.2. The highest BCUT2D eigenvalue weighted by atomic mass is 32.2. The second kappa shape index (κ2) is 8.51. The van der Waals surface area contributed by atoms with Gasteiger partial charge in [-0.3, -0.25) is 9.10 Å². The fraction of sp³-hybridized carbons (Fsp3) is 0.160. The Morgan fingerprint density at radius 3 is 2.34 bits per heavy atom. The molecule has 164 valence electrons. The lowest BCUT2D eigenvalue weighted by atomic mass is 10.0. The van der Waals surface area contributed by atoms with Crippen molar-refractivity contribution in [3.8, 4) is 0 Å². The zero-order valence-electron chi connectivity index (χ0n) is 18.1. The molecule has 0 spiro atoms. The molecule has 0 saturated carbocycles. The summed E-state index contributed by atoms with van der Waals surface area (Å²) in [5.41, 5.74) is 4.90. The van der Waals surface area contributed by atoms with Crippen molar-refractivity contribution in [3.05, 3.63) is 89.7 Å². The molecule has 0 saturated heterocycles. The van der Waals surface area contributed by atoms with Crippen LogP contribution in [0, 0.1) is 13.8 Å². The molecule has 0 atom stereocenters. The highest BCUT2D eigenvalue weighted by Gasteiger charge is 2.21. The van der Waals surface area contributed by atoms with Crippen molar-refractivity contribution in [1.29, 1.82) is 0 Å². The van der Waals surface area contributed by atoms with Crippen LogP contribution in [0.3, 0.4) is 0 Å². The topological polar surface area (TPSA) is 79.6 Å². The summed E-state index contributed by atoms with van der Waals surface area (Å²) in [6.45, 7) is 4.01. The zero-order chi connectivity index (χ0) is 22.9. The molecule has 4 aromatic rings. The molecule has 0 bridgehead atoms. The third-order valence-electron chi connectivity index (χ3n) is 5.61. The molecule has 6 nitrogen and oxygen atoms in total.